The van der Waals surface area contributed by atoms with Crippen LogP contribution in [-0.2, 0) is 22.6 Å². The Balaban J connectivity index is 1.74. The molecule has 0 bridgehead atoms. The normalized spacial score (nSPS) is 12.0. The second-order valence-electron chi connectivity index (χ2n) is 6.78. The van der Waals surface area contributed by atoms with Gasteiger partial charge in [-0.1, -0.05) is 18.2 Å². The van der Waals surface area contributed by atoms with Gasteiger partial charge in [-0.25, -0.2) is 13.8 Å². The number of carbonyl (C=O) groups excluding carboxylic acids is 2. The third kappa shape index (κ3) is 5.47. The Kier molecular flexibility index (Phi) is 6.68. The van der Waals surface area contributed by atoms with Crippen molar-refractivity contribution in [2.45, 2.75) is 25.4 Å². The molecule has 0 unspecified atom stereocenters. The van der Waals surface area contributed by atoms with E-state index in [0.717, 1.165) is 22.9 Å². The van der Waals surface area contributed by atoms with Crippen LogP contribution in [0.5, 0.6) is 0 Å². The predicted molar refractivity (Wildman–Crippen MR) is 106 cm³/mol. The van der Waals surface area contributed by atoms with Crippen LogP contribution in [0.4, 0.5) is 23.4 Å². The maximum absolute atomic E-state index is 13.5. The molecule has 6 nitrogen and oxygen atoms in total. The van der Waals surface area contributed by atoms with Gasteiger partial charge >= 0.3 is 6.43 Å². The molecule has 3 aromatic rings. The molecule has 0 fully saturated rings. The number of nitrogens with zero attached hydrogens (tertiary/aromatic N) is 1. The van der Waals surface area contributed by atoms with Crippen molar-refractivity contribution in [2.24, 2.45) is 0 Å². The lowest BCUT2D eigenvalue weighted by Gasteiger charge is -2.19. The summed E-state index contributed by atoms with van der Waals surface area (Å²) in [5, 5.41) is 6.02. The Labute approximate surface area is 174 Å². The minimum Gasteiger partial charge on any atom is -0.383 e. The minimum absolute atomic E-state index is 0.0375. The van der Waals surface area contributed by atoms with E-state index in [1.165, 1.54) is 12.3 Å². The Morgan fingerprint density at radius 3 is 2.42 bits per heavy atom. The Bertz CT molecular complexity index is 1120. The van der Waals surface area contributed by atoms with Crippen molar-refractivity contribution >= 4 is 28.4 Å². The second kappa shape index (κ2) is 9.41. The fourth-order valence-electron chi connectivity index (χ4n) is 3.02. The zero-order valence-electron chi connectivity index (χ0n) is 16.0. The first-order chi connectivity index (χ1) is 14.7. The van der Waals surface area contributed by atoms with E-state index in [2.05, 4.69) is 10.3 Å². The molecule has 1 aromatic heterocycles. The standard InChI is InChI=1S/C21H18F4N4O2/c22-15-4-2-11(8-16(15)23)9-17(29-21(31)18(24)25)20(30)28-10-12-1-3-14-13(7-12)5-6-27-19(14)26/h1-8,17-18H,9-10H2,(H2,26,27)(H,28,30)(H,29,31)/t17-/m0/s1. The van der Waals surface area contributed by atoms with Crippen LogP contribution in [0, 0.1) is 11.6 Å². The molecule has 2 amide bonds. The van der Waals surface area contributed by atoms with Gasteiger partial charge in [-0.3, -0.25) is 9.59 Å². The maximum Gasteiger partial charge on any atom is 0.315 e. The molecule has 0 radical (unpaired) electrons. The van der Waals surface area contributed by atoms with E-state index >= 15 is 0 Å². The highest BCUT2D eigenvalue weighted by Crippen LogP contribution is 2.20. The van der Waals surface area contributed by atoms with Gasteiger partial charge in [0.25, 0.3) is 5.91 Å². The number of aromatic nitrogens is 1. The molecule has 1 atom stereocenters. The van der Waals surface area contributed by atoms with Gasteiger partial charge in [0.05, 0.1) is 0 Å². The molecule has 0 saturated carbocycles. The minimum atomic E-state index is -3.33. The molecule has 2 aromatic carbocycles. The average Bonchev–Trinajstić information content (AvgIpc) is 2.74. The van der Waals surface area contributed by atoms with Crippen LogP contribution in [-0.4, -0.2) is 29.3 Å². The molecular weight excluding hydrogens is 416 g/mol. The van der Waals surface area contributed by atoms with Gasteiger partial charge in [-0.15, -0.1) is 0 Å². The van der Waals surface area contributed by atoms with E-state index in [1.807, 2.05) is 5.32 Å². The molecule has 3 rings (SSSR count). The molecule has 31 heavy (non-hydrogen) atoms. The zero-order chi connectivity index (χ0) is 22.5. The third-order valence-electron chi connectivity index (χ3n) is 4.58. The molecule has 0 aliphatic heterocycles. The summed E-state index contributed by atoms with van der Waals surface area (Å²) in [6, 6.07) is 8.44. The molecule has 0 aliphatic carbocycles. The first kappa shape index (κ1) is 22.0. The average molecular weight is 434 g/mol. The van der Waals surface area contributed by atoms with Gasteiger partial charge < -0.3 is 16.4 Å². The first-order valence-electron chi connectivity index (χ1n) is 9.18. The van der Waals surface area contributed by atoms with E-state index in [-0.39, 0.29) is 18.5 Å². The Hall–Kier alpha value is -3.69. The predicted octanol–water partition coefficient (Wildman–Crippen LogP) is 2.70. The number of nitrogens with two attached hydrogens (primary N) is 1. The Morgan fingerprint density at radius 1 is 0.968 bits per heavy atom. The second-order valence-corrected chi connectivity index (χ2v) is 6.78. The molecular formula is C21H18F4N4O2. The van der Waals surface area contributed by atoms with Crippen molar-refractivity contribution in [2.75, 3.05) is 5.73 Å². The van der Waals surface area contributed by atoms with Gasteiger partial charge in [0.15, 0.2) is 11.6 Å². The molecule has 0 aliphatic rings. The fourth-order valence-corrected chi connectivity index (χ4v) is 3.02. The summed E-state index contributed by atoms with van der Waals surface area (Å²) in [7, 11) is 0. The highest BCUT2D eigenvalue weighted by molar-refractivity contribution is 5.91. The van der Waals surface area contributed by atoms with Crippen molar-refractivity contribution < 1.29 is 27.2 Å². The summed E-state index contributed by atoms with van der Waals surface area (Å²) in [6.45, 7) is 0.0375. The van der Waals surface area contributed by atoms with Crippen LogP contribution in [0.15, 0.2) is 48.7 Å². The van der Waals surface area contributed by atoms with Crippen LogP contribution in [0.25, 0.3) is 10.8 Å². The number of anilines is 1. The van der Waals surface area contributed by atoms with E-state index in [0.29, 0.717) is 11.4 Å². The summed E-state index contributed by atoms with van der Waals surface area (Å²) < 4.78 is 51.9. The topological polar surface area (TPSA) is 97.1 Å². The van der Waals surface area contributed by atoms with Gasteiger partial charge in [0.1, 0.15) is 11.9 Å². The number of rotatable bonds is 7. The number of pyridine rings is 1. The smallest absolute Gasteiger partial charge is 0.315 e. The van der Waals surface area contributed by atoms with E-state index in [9.17, 15) is 27.2 Å². The summed E-state index contributed by atoms with van der Waals surface area (Å²) in [6.07, 6.45) is -2.10. The molecule has 162 valence electrons. The number of amides is 2. The number of hydrogen-bond donors (Lipinski definition) is 3. The van der Waals surface area contributed by atoms with Crippen LogP contribution < -0.4 is 16.4 Å². The number of halogens is 4. The number of nitrogens with one attached hydrogen (secondary N) is 2. The number of carbonyl (C=O) groups is 2. The van der Waals surface area contributed by atoms with Crippen molar-refractivity contribution in [3.05, 3.63) is 71.4 Å². The highest BCUT2D eigenvalue weighted by atomic mass is 19.3. The maximum atomic E-state index is 13.5. The Morgan fingerprint density at radius 2 is 1.71 bits per heavy atom. The fraction of sp³-hybridized carbons (Fsp3) is 0.190. The summed E-state index contributed by atoms with van der Waals surface area (Å²) >= 11 is 0. The number of nitrogen functional groups attached to an aromatic ring is 1. The number of fused-ring (bicyclic) bond motifs is 1. The molecule has 4 N–H and O–H groups in total. The SMILES string of the molecule is Nc1nccc2cc(CNC(=O)[C@H](Cc3ccc(F)c(F)c3)NC(=O)C(F)F)ccc12. The number of benzene rings is 2. The van der Waals surface area contributed by atoms with Gasteiger partial charge in [0, 0.05) is 24.5 Å². The third-order valence-corrected chi connectivity index (χ3v) is 4.58. The molecule has 1 heterocycles. The van der Waals surface area contributed by atoms with Gasteiger partial charge in [-0.2, -0.15) is 8.78 Å². The highest BCUT2D eigenvalue weighted by Gasteiger charge is 2.25. The van der Waals surface area contributed by atoms with E-state index in [1.54, 1.807) is 24.3 Å². The largest absolute Gasteiger partial charge is 0.383 e. The van der Waals surface area contributed by atoms with Crippen LogP contribution in [0.3, 0.4) is 0 Å². The lowest BCUT2D eigenvalue weighted by atomic mass is 10.0. The monoisotopic (exact) mass is 434 g/mol. The van der Waals surface area contributed by atoms with Crippen LogP contribution >= 0.6 is 0 Å². The zero-order valence-corrected chi connectivity index (χ0v) is 16.0. The number of hydrogen-bond acceptors (Lipinski definition) is 4. The lowest BCUT2D eigenvalue weighted by molar-refractivity contribution is -0.135. The first-order valence-corrected chi connectivity index (χ1v) is 9.18. The van der Waals surface area contributed by atoms with Crippen LogP contribution in [0.2, 0.25) is 0 Å². The van der Waals surface area contributed by atoms with Crippen molar-refractivity contribution in [1.82, 2.24) is 15.6 Å². The summed E-state index contributed by atoms with van der Waals surface area (Å²) in [4.78, 5) is 28.0. The summed E-state index contributed by atoms with van der Waals surface area (Å²) in [5.41, 5.74) is 6.65. The molecule has 0 spiro atoms. The molecule has 0 saturated heterocycles. The van der Waals surface area contributed by atoms with Gasteiger partial charge in [0.2, 0.25) is 5.91 Å². The number of alkyl halides is 2. The van der Waals surface area contributed by atoms with Gasteiger partial charge in [-0.05, 0) is 40.8 Å². The van der Waals surface area contributed by atoms with Crippen molar-refractivity contribution in [3.63, 3.8) is 0 Å². The molecule has 10 heteroatoms. The van der Waals surface area contributed by atoms with E-state index < -0.39 is 35.9 Å². The quantitative estimate of drug-likeness (QED) is 0.498. The van der Waals surface area contributed by atoms with E-state index in [4.69, 9.17) is 5.73 Å². The lowest BCUT2D eigenvalue weighted by Crippen LogP contribution is -2.49. The van der Waals surface area contributed by atoms with Crippen molar-refractivity contribution in [1.29, 1.82) is 0 Å². The summed E-state index contributed by atoms with van der Waals surface area (Å²) in [5.74, 6) is -4.28. The van der Waals surface area contributed by atoms with Crippen LogP contribution in [0.1, 0.15) is 11.1 Å². The van der Waals surface area contributed by atoms with Crippen molar-refractivity contribution in [3.8, 4) is 0 Å².